The number of piperidine rings is 1. The van der Waals surface area contributed by atoms with E-state index in [4.69, 9.17) is 13.9 Å². The quantitative estimate of drug-likeness (QED) is 0.718. The predicted molar refractivity (Wildman–Crippen MR) is 94.4 cm³/mol. The summed E-state index contributed by atoms with van der Waals surface area (Å²) in [6.07, 6.45) is 3.13. The van der Waals surface area contributed by atoms with Crippen LogP contribution in [0.4, 0.5) is 0 Å². The van der Waals surface area contributed by atoms with Crippen LogP contribution in [0, 0.1) is 0 Å². The Hall–Kier alpha value is -3.09. The van der Waals surface area contributed by atoms with Gasteiger partial charge in [-0.25, -0.2) is 0 Å². The number of benzene rings is 1. The first-order chi connectivity index (χ1) is 12.7. The summed E-state index contributed by atoms with van der Waals surface area (Å²) in [5, 5.41) is 8.60. The smallest absolute Gasteiger partial charge is 0.289 e. The molecule has 0 N–H and O–H groups in total. The highest BCUT2D eigenvalue weighted by atomic mass is 16.5. The van der Waals surface area contributed by atoms with Gasteiger partial charge in [-0.1, -0.05) is 12.1 Å². The summed E-state index contributed by atoms with van der Waals surface area (Å²) in [5.74, 6) is 1.36. The number of likely N-dealkylation sites (tertiary alicyclic amines) is 1. The van der Waals surface area contributed by atoms with E-state index in [0.717, 1.165) is 18.2 Å². The van der Waals surface area contributed by atoms with Gasteiger partial charge in [-0.15, -0.1) is 5.10 Å². The van der Waals surface area contributed by atoms with Gasteiger partial charge in [0.15, 0.2) is 17.1 Å². The second-order valence-electron chi connectivity index (χ2n) is 6.16. The zero-order valence-electron chi connectivity index (χ0n) is 14.4. The number of carbonyl (C=O) groups excluding carboxylic acids is 1. The molecule has 7 heteroatoms. The molecule has 0 saturated carbocycles. The Morgan fingerprint density at radius 2 is 2.08 bits per heavy atom. The summed E-state index contributed by atoms with van der Waals surface area (Å²) < 4.78 is 16.9. The van der Waals surface area contributed by atoms with Gasteiger partial charge in [0.1, 0.15) is 6.10 Å². The van der Waals surface area contributed by atoms with E-state index in [9.17, 15) is 4.79 Å². The van der Waals surface area contributed by atoms with E-state index in [-0.39, 0.29) is 12.0 Å². The molecular weight excluding hydrogens is 334 g/mol. The summed E-state index contributed by atoms with van der Waals surface area (Å²) in [6.45, 7) is 1.22. The molecule has 3 heterocycles. The van der Waals surface area contributed by atoms with Crippen LogP contribution < -0.4 is 9.47 Å². The Balaban J connectivity index is 1.42. The lowest BCUT2D eigenvalue weighted by molar-refractivity contribution is 0.0559. The van der Waals surface area contributed by atoms with Crippen LogP contribution in [-0.4, -0.2) is 47.3 Å². The lowest BCUT2D eigenvalue weighted by atomic mass is 10.1. The number of hydrogen-bond acceptors (Lipinski definition) is 6. The van der Waals surface area contributed by atoms with Crippen molar-refractivity contribution in [3.05, 3.63) is 48.4 Å². The second-order valence-corrected chi connectivity index (χ2v) is 6.16. The van der Waals surface area contributed by atoms with Gasteiger partial charge in [0, 0.05) is 43.6 Å². The molecule has 7 nitrogen and oxygen atoms in total. The zero-order chi connectivity index (χ0) is 17.9. The van der Waals surface area contributed by atoms with Crippen molar-refractivity contribution in [2.75, 3.05) is 20.2 Å². The van der Waals surface area contributed by atoms with Gasteiger partial charge in [0.05, 0.1) is 7.11 Å². The van der Waals surface area contributed by atoms with Gasteiger partial charge in [0.2, 0.25) is 5.88 Å². The minimum Gasteiger partial charge on any atom is -0.493 e. The minimum absolute atomic E-state index is 0.0338. The number of ether oxygens (including phenoxy) is 2. The lowest BCUT2D eigenvalue weighted by Gasteiger charge is -2.31. The molecule has 4 rings (SSSR count). The number of hydrogen-bond donors (Lipinski definition) is 0. The summed E-state index contributed by atoms with van der Waals surface area (Å²) in [6, 6.07) is 10.9. The molecule has 0 spiro atoms. The molecule has 0 bridgehead atoms. The molecule has 1 saturated heterocycles. The first-order valence-corrected chi connectivity index (χ1v) is 8.55. The van der Waals surface area contributed by atoms with Crippen LogP contribution in [-0.2, 0) is 0 Å². The SMILES string of the molecule is COc1cccc2cc(C(=O)N3CCC(Oc4cccnn4)CC3)oc12. The molecule has 3 aromatic rings. The number of aromatic nitrogens is 2. The maximum absolute atomic E-state index is 12.8. The van der Waals surface area contributed by atoms with Crippen molar-refractivity contribution in [1.29, 1.82) is 0 Å². The Kier molecular flexibility index (Phi) is 4.43. The van der Waals surface area contributed by atoms with Gasteiger partial charge < -0.3 is 18.8 Å². The highest BCUT2D eigenvalue weighted by molar-refractivity contribution is 5.97. The van der Waals surface area contributed by atoms with Crippen molar-refractivity contribution < 1.29 is 18.7 Å². The van der Waals surface area contributed by atoms with Crippen molar-refractivity contribution >= 4 is 16.9 Å². The van der Waals surface area contributed by atoms with E-state index in [1.54, 1.807) is 36.4 Å². The van der Waals surface area contributed by atoms with Crippen molar-refractivity contribution in [1.82, 2.24) is 15.1 Å². The average Bonchev–Trinajstić information content (AvgIpc) is 3.13. The van der Waals surface area contributed by atoms with E-state index in [1.165, 1.54) is 0 Å². The Labute approximate surface area is 150 Å². The summed E-state index contributed by atoms with van der Waals surface area (Å²) in [7, 11) is 1.58. The van der Waals surface area contributed by atoms with Gasteiger partial charge in [-0.05, 0) is 18.2 Å². The average molecular weight is 353 g/mol. The second kappa shape index (κ2) is 7.03. The number of fused-ring (bicyclic) bond motifs is 1. The number of methoxy groups -OCH3 is 1. The van der Waals surface area contributed by atoms with Crippen LogP contribution in [0.5, 0.6) is 11.6 Å². The van der Waals surface area contributed by atoms with Crippen molar-refractivity contribution in [3.63, 3.8) is 0 Å². The minimum atomic E-state index is -0.110. The summed E-state index contributed by atoms with van der Waals surface area (Å²) in [5.41, 5.74) is 0.597. The molecule has 1 aliphatic rings. The van der Waals surface area contributed by atoms with E-state index < -0.39 is 0 Å². The van der Waals surface area contributed by atoms with Gasteiger partial charge in [-0.3, -0.25) is 4.79 Å². The number of rotatable bonds is 4. The van der Waals surface area contributed by atoms with Crippen molar-refractivity contribution in [2.24, 2.45) is 0 Å². The molecule has 1 amide bonds. The highest BCUT2D eigenvalue weighted by Gasteiger charge is 2.27. The number of carbonyl (C=O) groups is 1. The molecule has 1 aromatic carbocycles. The molecule has 134 valence electrons. The fourth-order valence-electron chi connectivity index (χ4n) is 3.16. The first-order valence-electron chi connectivity index (χ1n) is 8.55. The summed E-state index contributed by atoms with van der Waals surface area (Å²) in [4.78, 5) is 14.6. The molecule has 0 radical (unpaired) electrons. The molecular formula is C19H19N3O4. The third-order valence-electron chi connectivity index (χ3n) is 4.50. The molecule has 0 aliphatic carbocycles. The van der Waals surface area contributed by atoms with Crippen LogP contribution in [0.25, 0.3) is 11.0 Å². The van der Waals surface area contributed by atoms with Crippen LogP contribution >= 0.6 is 0 Å². The fourth-order valence-corrected chi connectivity index (χ4v) is 3.16. The van der Waals surface area contributed by atoms with Crippen LogP contribution in [0.2, 0.25) is 0 Å². The molecule has 1 aliphatic heterocycles. The number of nitrogens with zero attached hydrogens (tertiary/aromatic N) is 3. The van der Waals surface area contributed by atoms with Gasteiger partial charge >= 0.3 is 0 Å². The van der Waals surface area contributed by atoms with Crippen LogP contribution in [0.15, 0.2) is 47.0 Å². The van der Waals surface area contributed by atoms with Crippen molar-refractivity contribution in [3.8, 4) is 11.6 Å². The normalized spacial score (nSPS) is 15.2. The van der Waals surface area contributed by atoms with E-state index in [0.29, 0.717) is 36.1 Å². The van der Waals surface area contributed by atoms with E-state index in [2.05, 4.69) is 10.2 Å². The monoisotopic (exact) mass is 353 g/mol. The first kappa shape index (κ1) is 16.4. The fraction of sp³-hybridized carbons (Fsp3) is 0.316. The molecule has 26 heavy (non-hydrogen) atoms. The maximum Gasteiger partial charge on any atom is 0.289 e. The molecule has 0 unspecified atom stereocenters. The molecule has 0 atom stereocenters. The number of para-hydroxylation sites is 1. The largest absolute Gasteiger partial charge is 0.493 e. The maximum atomic E-state index is 12.8. The molecule has 1 fully saturated rings. The van der Waals surface area contributed by atoms with Crippen molar-refractivity contribution in [2.45, 2.75) is 18.9 Å². The topological polar surface area (TPSA) is 77.7 Å². The van der Waals surface area contributed by atoms with Crippen LogP contribution in [0.3, 0.4) is 0 Å². The number of amides is 1. The number of furan rings is 1. The van der Waals surface area contributed by atoms with E-state index in [1.807, 2.05) is 18.2 Å². The third-order valence-corrected chi connectivity index (χ3v) is 4.50. The highest BCUT2D eigenvalue weighted by Crippen LogP contribution is 2.29. The molecule has 2 aromatic heterocycles. The Morgan fingerprint density at radius 1 is 1.23 bits per heavy atom. The Bertz CT molecular complexity index is 902. The lowest BCUT2D eigenvalue weighted by Crippen LogP contribution is -2.41. The zero-order valence-corrected chi connectivity index (χ0v) is 14.4. The van der Waals surface area contributed by atoms with E-state index >= 15 is 0 Å². The summed E-state index contributed by atoms with van der Waals surface area (Å²) >= 11 is 0. The van der Waals surface area contributed by atoms with Gasteiger partial charge in [0.25, 0.3) is 5.91 Å². The predicted octanol–water partition coefficient (Wildman–Crippen LogP) is 2.92. The van der Waals surface area contributed by atoms with Crippen LogP contribution in [0.1, 0.15) is 23.4 Å². The standard InChI is InChI=1S/C19H19N3O4/c1-24-15-5-2-4-13-12-16(26-18(13)15)19(23)22-10-7-14(8-11-22)25-17-6-3-9-20-21-17/h2-6,9,12,14H,7-8,10-11H2,1H3. The third kappa shape index (κ3) is 3.20. The Morgan fingerprint density at radius 3 is 2.81 bits per heavy atom. The van der Waals surface area contributed by atoms with Gasteiger partial charge in [-0.2, -0.15) is 5.10 Å².